The van der Waals surface area contributed by atoms with E-state index in [2.05, 4.69) is 22.3 Å². The van der Waals surface area contributed by atoms with Crippen LogP contribution in [0.4, 0.5) is 0 Å². The first kappa shape index (κ1) is 6.86. The van der Waals surface area contributed by atoms with Gasteiger partial charge in [0.05, 0.1) is 0 Å². The van der Waals surface area contributed by atoms with Gasteiger partial charge in [-0.1, -0.05) is 6.08 Å². The average Bonchev–Trinajstić information content (AvgIpc) is 2.13. The number of hydrogen-bond donors (Lipinski definition) is 0. The van der Waals surface area contributed by atoms with Crippen LogP contribution in [-0.2, 0) is 6.42 Å². The Balaban J connectivity index is 3.02. The van der Waals surface area contributed by atoms with Gasteiger partial charge >= 0.3 is 5.82 Å². The summed E-state index contributed by atoms with van der Waals surface area (Å²) in [7, 11) is 0. The smallest absolute Gasteiger partial charge is 0.396 e. The molecule has 0 amide bonds. The van der Waals surface area contributed by atoms with E-state index in [1.54, 1.807) is 6.08 Å². The van der Waals surface area contributed by atoms with Crippen LogP contribution < -0.4 is 5.82 Å². The third-order valence-corrected chi connectivity index (χ3v) is 1.05. The van der Waals surface area contributed by atoms with Crippen molar-refractivity contribution in [2.24, 2.45) is 0 Å². The van der Waals surface area contributed by atoms with E-state index in [4.69, 9.17) is 0 Å². The summed E-state index contributed by atoms with van der Waals surface area (Å²) in [6.45, 7) is 6.93. The Labute approximate surface area is 58.0 Å². The maximum atomic E-state index is 10.4. The standard InChI is InChI=1S/C7H7O3/c1-3-4-6-5(2)9-7(8)10-6/h3H,1-2,4H2. The van der Waals surface area contributed by atoms with E-state index in [1.807, 2.05) is 0 Å². The minimum Gasteiger partial charge on any atom is -0.396 e. The maximum absolute atomic E-state index is 10.4. The lowest BCUT2D eigenvalue weighted by molar-refractivity contribution is 0.373. The molecular formula is C7H7O3. The molecule has 1 aromatic heterocycles. The second-order valence-electron chi connectivity index (χ2n) is 1.79. The predicted molar refractivity (Wildman–Crippen MR) is 35.6 cm³/mol. The lowest BCUT2D eigenvalue weighted by atomic mass is 10.3. The Morgan fingerprint density at radius 1 is 1.50 bits per heavy atom. The van der Waals surface area contributed by atoms with Crippen LogP contribution in [-0.4, -0.2) is 0 Å². The molecule has 0 spiro atoms. The van der Waals surface area contributed by atoms with Crippen molar-refractivity contribution in [1.82, 2.24) is 0 Å². The summed E-state index contributed by atoms with van der Waals surface area (Å²) < 4.78 is 9.08. The Kier molecular flexibility index (Phi) is 1.76. The Morgan fingerprint density at radius 3 is 2.60 bits per heavy atom. The first-order chi connectivity index (χ1) is 4.74. The number of hydrogen-bond acceptors (Lipinski definition) is 3. The molecule has 1 aromatic rings. The van der Waals surface area contributed by atoms with E-state index in [0.29, 0.717) is 12.2 Å². The normalized spacial score (nSPS) is 9.70. The second-order valence-corrected chi connectivity index (χ2v) is 1.79. The molecule has 1 radical (unpaired) electrons. The fourth-order valence-electron chi connectivity index (χ4n) is 0.622. The monoisotopic (exact) mass is 139 g/mol. The summed E-state index contributed by atoms with van der Waals surface area (Å²) in [5.74, 6) is 0.0201. The molecule has 0 aliphatic rings. The molecule has 0 aromatic carbocycles. The van der Waals surface area contributed by atoms with Gasteiger partial charge in [0.25, 0.3) is 0 Å². The van der Waals surface area contributed by atoms with Crippen LogP contribution in [0.2, 0.25) is 0 Å². The van der Waals surface area contributed by atoms with Gasteiger partial charge in [0, 0.05) is 13.3 Å². The largest absolute Gasteiger partial charge is 0.519 e. The van der Waals surface area contributed by atoms with Gasteiger partial charge in [-0.25, -0.2) is 4.79 Å². The molecule has 0 aliphatic heterocycles. The number of allylic oxidation sites excluding steroid dienone is 1. The molecule has 10 heavy (non-hydrogen) atoms. The fourth-order valence-corrected chi connectivity index (χ4v) is 0.622. The summed E-state index contributed by atoms with van der Waals surface area (Å²) in [5.41, 5.74) is 0. The van der Waals surface area contributed by atoms with Gasteiger partial charge < -0.3 is 8.83 Å². The first-order valence-electron chi connectivity index (χ1n) is 2.79. The zero-order chi connectivity index (χ0) is 7.56. The Bertz CT molecular complexity index is 279. The highest BCUT2D eigenvalue weighted by atomic mass is 16.6. The Hall–Kier alpha value is -1.25. The van der Waals surface area contributed by atoms with E-state index in [9.17, 15) is 4.79 Å². The minimum absolute atomic E-state index is 0.282. The lowest BCUT2D eigenvalue weighted by Gasteiger charge is -1.84. The van der Waals surface area contributed by atoms with Gasteiger partial charge in [0.15, 0.2) is 11.5 Å². The average molecular weight is 139 g/mol. The SMILES string of the molecule is [CH2]c1oc(=O)oc1CC=C. The molecule has 0 unspecified atom stereocenters. The van der Waals surface area contributed by atoms with Crippen LogP contribution in [0.3, 0.4) is 0 Å². The predicted octanol–water partition coefficient (Wildman–Crippen LogP) is 1.14. The van der Waals surface area contributed by atoms with Crippen molar-refractivity contribution < 1.29 is 8.83 Å². The molecule has 0 saturated heterocycles. The van der Waals surface area contributed by atoms with Gasteiger partial charge in [-0.3, -0.25) is 0 Å². The first-order valence-corrected chi connectivity index (χ1v) is 2.79. The van der Waals surface area contributed by atoms with Crippen LogP contribution in [0.15, 0.2) is 26.3 Å². The molecule has 0 aliphatic carbocycles. The molecule has 53 valence electrons. The lowest BCUT2D eigenvalue weighted by Crippen LogP contribution is -1.86. The number of rotatable bonds is 2. The van der Waals surface area contributed by atoms with Gasteiger partial charge in [-0.05, 0) is 0 Å². The molecule has 0 N–H and O–H groups in total. The van der Waals surface area contributed by atoms with Gasteiger partial charge in [0.2, 0.25) is 0 Å². The van der Waals surface area contributed by atoms with E-state index in [0.717, 1.165) is 0 Å². The maximum Gasteiger partial charge on any atom is 0.519 e. The summed E-state index contributed by atoms with van der Waals surface area (Å²) >= 11 is 0. The highest BCUT2D eigenvalue weighted by Crippen LogP contribution is 2.04. The van der Waals surface area contributed by atoms with E-state index in [-0.39, 0.29) is 5.76 Å². The summed E-state index contributed by atoms with van der Waals surface area (Å²) in [6.07, 6.45) is 2.09. The second kappa shape index (κ2) is 2.56. The van der Waals surface area contributed by atoms with Crippen molar-refractivity contribution in [2.45, 2.75) is 6.42 Å². The highest BCUT2D eigenvalue weighted by Gasteiger charge is 2.04. The molecular weight excluding hydrogens is 132 g/mol. The van der Waals surface area contributed by atoms with Crippen molar-refractivity contribution in [3.63, 3.8) is 0 Å². The molecule has 3 heteroatoms. The van der Waals surface area contributed by atoms with Gasteiger partial charge in [-0.15, -0.1) is 6.58 Å². The van der Waals surface area contributed by atoms with Gasteiger partial charge in [0.1, 0.15) is 0 Å². The highest BCUT2D eigenvalue weighted by molar-refractivity contribution is 5.09. The minimum atomic E-state index is -0.707. The molecule has 0 bridgehead atoms. The van der Waals surface area contributed by atoms with Crippen LogP contribution in [0.1, 0.15) is 11.5 Å². The van der Waals surface area contributed by atoms with E-state index < -0.39 is 5.82 Å². The molecule has 1 heterocycles. The zero-order valence-corrected chi connectivity index (χ0v) is 5.42. The van der Waals surface area contributed by atoms with Crippen molar-refractivity contribution in [3.05, 3.63) is 41.7 Å². The molecule has 0 atom stereocenters. The summed E-state index contributed by atoms with van der Waals surface area (Å²) in [4.78, 5) is 10.4. The van der Waals surface area contributed by atoms with Crippen molar-refractivity contribution >= 4 is 0 Å². The summed E-state index contributed by atoms with van der Waals surface area (Å²) in [5, 5.41) is 0. The molecule has 1 rings (SSSR count). The molecule has 0 saturated carbocycles. The van der Waals surface area contributed by atoms with Crippen molar-refractivity contribution in [2.75, 3.05) is 0 Å². The fraction of sp³-hybridized carbons (Fsp3) is 0.143. The topological polar surface area (TPSA) is 43.4 Å². The van der Waals surface area contributed by atoms with Crippen LogP contribution in [0.5, 0.6) is 0 Å². The van der Waals surface area contributed by atoms with E-state index in [1.165, 1.54) is 0 Å². The third-order valence-electron chi connectivity index (χ3n) is 1.05. The summed E-state index contributed by atoms with van der Waals surface area (Å²) in [6, 6.07) is 0. The third kappa shape index (κ3) is 1.18. The van der Waals surface area contributed by atoms with Crippen LogP contribution >= 0.6 is 0 Å². The zero-order valence-electron chi connectivity index (χ0n) is 5.42. The van der Waals surface area contributed by atoms with Crippen LogP contribution in [0, 0.1) is 6.92 Å². The van der Waals surface area contributed by atoms with Crippen LogP contribution in [0.25, 0.3) is 0 Å². The van der Waals surface area contributed by atoms with E-state index >= 15 is 0 Å². The molecule has 3 nitrogen and oxygen atoms in total. The quantitative estimate of drug-likeness (QED) is 0.577. The van der Waals surface area contributed by atoms with Crippen molar-refractivity contribution in [1.29, 1.82) is 0 Å². The Morgan fingerprint density at radius 2 is 2.20 bits per heavy atom. The molecule has 0 fully saturated rings. The van der Waals surface area contributed by atoms with Gasteiger partial charge in [-0.2, -0.15) is 0 Å². The van der Waals surface area contributed by atoms with Crippen molar-refractivity contribution in [3.8, 4) is 0 Å².